The van der Waals surface area contributed by atoms with E-state index in [4.69, 9.17) is 10.5 Å². The van der Waals surface area contributed by atoms with E-state index in [0.717, 1.165) is 35.0 Å². The molecule has 2 atom stereocenters. The summed E-state index contributed by atoms with van der Waals surface area (Å²) >= 11 is 3.42. The number of nitrogens with two attached hydrogens (primary N) is 1. The molecule has 1 rings (SSSR count). The monoisotopic (exact) mass is 351 g/mol. The third-order valence-corrected chi connectivity index (χ3v) is 3.39. The first-order valence-electron chi connectivity index (χ1n) is 6.46. The summed E-state index contributed by atoms with van der Waals surface area (Å²) in [6.07, 6.45) is 2.22. The predicted molar refractivity (Wildman–Crippen MR) is 85.0 cm³/mol. The number of hydrogen-bond acceptors (Lipinski definition) is 3. The van der Waals surface area contributed by atoms with Gasteiger partial charge in [-0.3, -0.25) is 0 Å². The Morgan fingerprint density at radius 3 is 2.63 bits per heavy atom. The molecule has 1 aromatic rings. The molecule has 0 aliphatic rings. The minimum Gasteiger partial charge on any atom is -0.494 e. The quantitative estimate of drug-likeness (QED) is 0.784. The molecule has 0 saturated carbocycles. The number of unbranched alkanes of at least 4 members (excludes halogenated alkanes) is 1. The molecule has 0 heterocycles. The van der Waals surface area contributed by atoms with Crippen molar-refractivity contribution >= 4 is 28.3 Å². The van der Waals surface area contributed by atoms with Crippen LogP contribution in [0.5, 0.6) is 5.75 Å². The third-order valence-electron chi connectivity index (χ3n) is 2.90. The van der Waals surface area contributed by atoms with Crippen LogP contribution in [-0.2, 0) is 0 Å². The maximum atomic E-state index is 10.1. The molecule has 0 bridgehead atoms. The van der Waals surface area contributed by atoms with Gasteiger partial charge in [-0.05, 0) is 31.5 Å². The van der Waals surface area contributed by atoms with E-state index in [-0.39, 0.29) is 12.4 Å². The second-order valence-corrected chi connectivity index (χ2v) is 5.27. The number of rotatable bonds is 7. The number of aliphatic hydroxyl groups is 1. The molecular weight excluding hydrogens is 330 g/mol. The first kappa shape index (κ1) is 18.7. The number of aliphatic hydroxyl groups excluding tert-OH is 1. The van der Waals surface area contributed by atoms with E-state index in [2.05, 4.69) is 22.9 Å². The van der Waals surface area contributed by atoms with Gasteiger partial charge in [-0.1, -0.05) is 35.7 Å². The van der Waals surface area contributed by atoms with Crippen LogP contribution in [0.1, 0.15) is 44.7 Å². The fourth-order valence-corrected chi connectivity index (χ4v) is 2.25. The van der Waals surface area contributed by atoms with Crippen molar-refractivity contribution in [1.82, 2.24) is 0 Å². The van der Waals surface area contributed by atoms with Crippen LogP contribution in [0.3, 0.4) is 0 Å². The van der Waals surface area contributed by atoms with Gasteiger partial charge >= 0.3 is 0 Å². The summed E-state index contributed by atoms with van der Waals surface area (Å²) in [6, 6.07) is 5.32. The molecule has 3 N–H and O–H groups in total. The Hall–Kier alpha value is -0.290. The third kappa shape index (κ3) is 5.69. The topological polar surface area (TPSA) is 55.5 Å². The summed E-state index contributed by atoms with van der Waals surface area (Å²) in [5.41, 5.74) is 6.98. The largest absolute Gasteiger partial charge is 0.494 e. The molecule has 0 radical (unpaired) electrons. The van der Waals surface area contributed by atoms with Crippen molar-refractivity contribution in [2.45, 2.75) is 45.3 Å². The van der Waals surface area contributed by atoms with Crippen LogP contribution < -0.4 is 10.5 Å². The van der Waals surface area contributed by atoms with Crippen LogP contribution in [0.2, 0.25) is 0 Å². The molecule has 0 unspecified atom stereocenters. The summed E-state index contributed by atoms with van der Waals surface area (Å²) in [7, 11) is 0. The highest BCUT2D eigenvalue weighted by Crippen LogP contribution is 2.30. The molecule has 0 aliphatic carbocycles. The number of benzene rings is 1. The Morgan fingerprint density at radius 2 is 2.05 bits per heavy atom. The molecule has 0 fully saturated rings. The Labute approximate surface area is 130 Å². The van der Waals surface area contributed by atoms with E-state index in [1.165, 1.54) is 0 Å². The predicted octanol–water partition coefficient (Wildman–Crippen LogP) is 3.82. The fraction of sp³-hybridized carbons (Fsp3) is 0.571. The fourth-order valence-electron chi connectivity index (χ4n) is 1.87. The minimum atomic E-state index is -0.529. The number of hydrogen-bond donors (Lipinski definition) is 2. The van der Waals surface area contributed by atoms with Crippen molar-refractivity contribution in [3.8, 4) is 5.75 Å². The molecule has 19 heavy (non-hydrogen) atoms. The molecule has 0 saturated heterocycles. The van der Waals surface area contributed by atoms with Gasteiger partial charge in [0.25, 0.3) is 0 Å². The van der Waals surface area contributed by atoms with Crippen LogP contribution in [0.4, 0.5) is 0 Å². The molecule has 0 aromatic heterocycles. The van der Waals surface area contributed by atoms with E-state index in [1.54, 1.807) is 0 Å². The van der Waals surface area contributed by atoms with E-state index in [9.17, 15) is 5.11 Å². The Morgan fingerprint density at radius 1 is 1.37 bits per heavy atom. The molecule has 110 valence electrons. The molecule has 0 aliphatic heterocycles. The lowest BCUT2D eigenvalue weighted by atomic mass is 9.97. The average molecular weight is 353 g/mol. The molecular formula is C14H23BrClNO2. The second-order valence-electron chi connectivity index (χ2n) is 4.35. The Balaban J connectivity index is 0.00000324. The van der Waals surface area contributed by atoms with Gasteiger partial charge < -0.3 is 15.6 Å². The van der Waals surface area contributed by atoms with Crippen LogP contribution in [-0.4, -0.2) is 17.8 Å². The van der Waals surface area contributed by atoms with E-state index < -0.39 is 12.1 Å². The summed E-state index contributed by atoms with van der Waals surface area (Å²) in [4.78, 5) is 0. The second kappa shape index (κ2) is 9.59. The lowest BCUT2D eigenvalue weighted by molar-refractivity contribution is 0.131. The molecule has 3 nitrogen and oxygen atoms in total. The lowest BCUT2D eigenvalue weighted by Gasteiger charge is -2.21. The van der Waals surface area contributed by atoms with Crippen molar-refractivity contribution in [3.63, 3.8) is 0 Å². The van der Waals surface area contributed by atoms with Crippen molar-refractivity contribution in [3.05, 3.63) is 28.2 Å². The first-order chi connectivity index (χ1) is 8.60. The molecule has 1 aromatic carbocycles. The van der Waals surface area contributed by atoms with Gasteiger partial charge in [0.2, 0.25) is 0 Å². The van der Waals surface area contributed by atoms with Gasteiger partial charge in [-0.2, -0.15) is 0 Å². The summed E-state index contributed by atoms with van der Waals surface area (Å²) in [5.74, 6) is 0.753. The van der Waals surface area contributed by atoms with Crippen molar-refractivity contribution in [2.24, 2.45) is 5.73 Å². The van der Waals surface area contributed by atoms with E-state index >= 15 is 0 Å². The highest BCUT2D eigenvalue weighted by atomic mass is 79.9. The number of halogens is 2. The molecule has 5 heteroatoms. The standard InChI is InChI=1S/C14H22BrNO2.ClH/c1-3-5-6-12(17)14(16)11-9-10(15)7-8-13(11)18-4-2;/h7-9,12,14,17H,3-6,16H2,1-2H3;1H/t12-,14+;/m0./s1. The van der Waals surface area contributed by atoms with Gasteiger partial charge in [0.1, 0.15) is 5.75 Å². The SMILES string of the molecule is CCCC[C@H](O)[C@H](N)c1cc(Br)ccc1OCC.Cl. The van der Waals surface area contributed by atoms with Crippen molar-refractivity contribution < 1.29 is 9.84 Å². The highest BCUT2D eigenvalue weighted by molar-refractivity contribution is 9.10. The van der Waals surface area contributed by atoms with Crippen LogP contribution in [0.15, 0.2) is 22.7 Å². The molecule has 0 spiro atoms. The van der Waals surface area contributed by atoms with Crippen molar-refractivity contribution in [2.75, 3.05) is 6.61 Å². The zero-order valence-electron chi connectivity index (χ0n) is 11.4. The molecule has 0 amide bonds. The Bertz CT molecular complexity index is 376. The van der Waals surface area contributed by atoms with Gasteiger partial charge in [-0.25, -0.2) is 0 Å². The van der Waals surface area contributed by atoms with Gasteiger partial charge in [0.05, 0.1) is 18.8 Å². The number of ether oxygens (including phenoxy) is 1. The normalized spacial score (nSPS) is 13.5. The minimum absolute atomic E-state index is 0. The lowest BCUT2D eigenvalue weighted by Crippen LogP contribution is -2.26. The van der Waals surface area contributed by atoms with Crippen LogP contribution >= 0.6 is 28.3 Å². The van der Waals surface area contributed by atoms with Gasteiger partial charge in [-0.15, -0.1) is 12.4 Å². The smallest absolute Gasteiger partial charge is 0.124 e. The van der Waals surface area contributed by atoms with Gasteiger partial charge in [0.15, 0.2) is 0 Å². The van der Waals surface area contributed by atoms with Gasteiger partial charge in [0, 0.05) is 10.0 Å². The van der Waals surface area contributed by atoms with Crippen molar-refractivity contribution in [1.29, 1.82) is 0 Å². The summed E-state index contributed by atoms with van der Waals surface area (Å²) in [5, 5.41) is 10.1. The maximum Gasteiger partial charge on any atom is 0.124 e. The zero-order valence-corrected chi connectivity index (χ0v) is 13.8. The maximum absolute atomic E-state index is 10.1. The van der Waals surface area contributed by atoms with Crippen LogP contribution in [0.25, 0.3) is 0 Å². The average Bonchev–Trinajstić information content (AvgIpc) is 2.37. The summed E-state index contributed by atoms with van der Waals surface area (Å²) in [6.45, 7) is 4.63. The highest BCUT2D eigenvalue weighted by Gasteiger charge is 2.20. The van der Waals surface area contributed by atoms with E-state index in [0.29, 0.717) is 6.61 Å². The summed E-state index contributed by atoms with van der Waals surface area (Å²) < 4.78 is 6.50. The Kier molecular flexibility index (Phi) is 9.44. The van der Waals surface area contributed by atoms with E-state index in [1.807, 2.05) is 25.1 Å². The zero-order chi connectivity index (χ0) is 13.5. The van der Waals surface area contributed by atoms with Crippen LogP contribution in [0, 0.1) is 0 Å². The first-order valence-corrected chi connectivity index (χ1v) is 7.25.